The molecule has 0 radical (unpaired) electrons. The molecule has 0 saturated heterocycles. The van der Waals surface area contributed by atoms with Crippen LogP contribution in [0.3, 0.4) is 0 Å². The van der Waals surface area contributed by atoms with E-state index in [9.17, 15) is 4.79 Å². The summed E-state index contributed by atoms with van der Waals surface area (Å²) in [5.74, 6) is 0. The molecule has 1 rings (SSSR count). The van der Waals surface area contributed by atoms with Crippen molar-refractivity contribution in [3.63, 3.8) is 0 Å². The molecule has 1 N–H and O–H groups in total. The molecule has 0 aliphatic carbocycles. The highest BCUT2D eigenvalue weighted by atomic mass is 16.5. The largest absolute Gasteiger partial charge is 0.450 e. The third-order valence-corrected chi connectivity index (χ3v) is 2.03. The normalized spacial score (nSPS) is 9.67. The summed E-state index contributed by atoms with van der Waals surface area (Å²) in [4.78, 5) is 10.9. The van der Waals surface area contributed by atoms with Crippen molar-refractivity contribution < 1.29 is 9.53 Å². The molecule has 0 fully saturated rings. The average molecular weight is 207 g/mol. The monoisotopic (exact) mass is 207 g/mol. The molecule has 0 bridgehead atoms. The number of rotatable bonds is 5. The number of carbonyl (C=O) groups excluding carboxylic acids is 1. The minimum atomic E-state index is -0.328. The number of alkyl carbamates (subject to hydrolysis) is 1. The van der Waals surface area contributed by atoms with E-state index in [2.05, 4.69) is 17.4 Å². The molecule has 0 aliphatic rings. The Morgan fingerprint density at radius 1 is 1.33 bits per heavy atom. The molecule has 0 saturated carbocycles. The van der Waals surface area contributed by atoms with Gasteiger partial charge in [-0.25, -0.2) is 4.79 Å². The smallest absolute Gasteiger partial charge is 0.407 e. The van der Waals surface area contributed by atoms with Crippen LogP contribution in [0.5, 0.6) is 0 Å². The zero-order valence-electron chi connectivity index (χ0n) is 9.03. The first kappa shape index (κ1) is 11.6. The van der Waals surface area contributed by atoms with Crippen molar-refractivity contribution >= 4 is 6.09 Å². The summed E-state index contributed by atoms with van der Waals surface area (Å²) in [7, 11) is 0. The third kappa shape index (κ3) is 5.05. The second-order valence-corrected chi connectivity index (χ2v) is 3.24. The van der Waals surface area contributed by atoms with Gasteiger partial charge in [-0.3, -0.25) is 0 Å². The van der Waals surface area contributed by atoms with E-state index in [0.29, 0.717) is 13.2 Å². The zero-order chi connectivity index (χ0) is 10.9. The maximum atomic E-state index is 10.9. The van der Waals surface area contributed by atoms with Crippen LogP contribution in [-0.4, -0.2) is 19.2 Å². The summed E-state index contributed by atoms with van der Waals surface area (Å²) in [6, 6.07) is 10.2. The first-order valence-electron chi connectivity index (χ1n) is 5.27. The Kier molecular flexibility index (Phi) is 5.30. The van der Waals surface area contributed by atoms with Crippen molar-refractivity contribution in [2.45, 2.75) is 19.8 Å². The van der Waals surface area contributed by atoms with Gasteiger partial charge in [0.1, 0.15) is 0 Å². The number of benzene rings is 1. The lowest BCUT2D eigenvalue weighted by molar-refractivity contribution is 0.152. The predicted molar refractivity (Wildman–Crippen MR) is 59.8 cm³/mol. The highest BCUT2D eigenvalue weighted by Gasteiger charge is 1.98. The second-order valence-electron chi connectivity index (χ2n) is 3.24. The Hall–Kier alpha value is -1.51. The first-order valence-corrected chi connectivity index (χ1v) is 5.27. The van der Waals surface area contributed by atoms with Gasteiger partial charge in [0, 0.05) is 6.54 Å². The van der Waals surface area contributed by atoms with Gasteiger partial charge in [-0.05, 0) is 25.3 Å². The number of carbonyl (C=O) groups is 1. The molecule has 0 aromatic heterocycles. The lowest BCUT2D eigenvalue weighted by atomic mass is 10.1. The van der Waals surface area contributed by atoms with Crippen molar-refractivity contribution in [3.8, 4) is 0 Å². The number of amides is 1. The van der Waals surface area contributed by atoms with Gasteiger partial charge in [0.2, 0.25) is 0 Å². The number of hydrogen-bond acceptors (Lipinski definition) is 2. The van der Waals surface area contributed by atoms with Crippen LogP contribution in [0, 0.1) is 0 Å². The Balaban J connectivity index is 2.10. The minimum absolute atomic E-state index is 0.328. The van der Waals surface area contributed by atoms with Gasteiger partial charge in [0.05, 0.1) is 6.61 Å². The Labute approximate surface area is 90.4 Å². The van der Waals surface area contributed by atoms with Gasteiger partial charge < -0.3 is 10.1 Å². The average Bonchev–Trinajstić information content (AvgIpc) is 2.26. The molecular weight excluding hydrogens is 190 g/mol. The standard InChI is InChI=1S/C12H17NO2/c1-2-15-12(14)13-10-6-9-11-7-4-3-5-8-11/h3-5,7-8H,2,6,9-10H2,1H3,(H,13,14). The van der Waals surface area contributed by atoms with Crippen molar-refractivity contribution in [1.29, 1.82) is 0 Å². The van der Waals surface area contributed by atoms with Crippen LogP contribution in [0.1, 0.15) is 18.9 Å². The van der Waals surface area contributed by atoms with Crippen molar-refractivity contribution in [3.05, 3.63) is 35.9 Å². The first-order chi connectivity index (χ1) is 7.33. The van der Waals surface area contributed by atoms with Gasteiger partial charge in [0.15, 0.2) is 0 Å². The van der Waals surface area contributed by atoms with E-state index in [0.717, 1.165) is 12.8 Å². The lowest BCUT2D eigenvalue weighted by Crippen LogP contribution is -2.25. The zero-order valence-corrected chi connectivity index (χ0v) is 9.03. The van der Waals surface area contributed by atoms with Gasteiger partial charge in [-0.2, -0.15) is 0 Å². The molecule has 0 aliphatic heterocycles. The van der Waals surface area contributed by atoms with E-state index in [4.69, 9.17) is 4.74 Å². The van der Waals surface area contributed by atoms with E-state index in [-0.39, 0.29) is 6.09 Å². The fourth-order valence-electron chi connectivity index (χ4n) is 1.31. The van der Waals surface area contributed by atoms with Crippen molar-refractivity contribution in [2.75, 3.05) is 13.2 Å². The van der Waals surface area contributed by atoms with Gasteiger partial charge in [0.25, 0.3) is 0 Å². The lowest BCUT2D eigenvalue weighted by Gasteiger charge is -2.04. The Bertz CT molecular complexity index is 285. The van der Waals surface area contributed by atoms with Crippen LogP contribution in [0.15, 0.2) is 30.3 Å². The molecule has 3 heteroatoms. The third-order valence-electron chi connectivity index (χ3n) is 2.03. The molecule has 82 valence electrons. The molecule has 1 aromatic rings. The maximum Gasteiger partial charge on any atom is 0.407 e. The summed E-state index contributed by atoms with van der Waals surface area (Å²) in [6.45, 7) is 2.88. The summed E-state index contributed by atoms with van der Waals surface area (Å²) < 4.78 is 4.74. The molecule has 1 amide bonds. The molecule has 0 unspecified atom stereocenters. The van der Waals surface area contributed by atoms with Crippen LogP contribution in [0.2, 0.25) is 0 Å². The molecule has 0 atom stereocenters. The molecule has 0 heterocycles. The molecule has 0 spiro atoms. The van der Waals surface area contributed by atoms with Crippen LogP contribution in [-0.2, 0) is 11.2 Å². The number of hydrogen-bond donors (Lipinski definition) is 1. The second kappa shape index (κ2) is 6.87. The van der Waals surface area contributed by atoms with Gasteiger partial charge in [-0.15, -0.1) is 0 Å². The highest BCUT2D eigenvalue weighted by Crippen LogP contribution is 2.01. The molecular formula is C12H17NO2. The number of aryl methyl sites for hydroxylation is 1. The van der Waals surface area contributed by atoms with E-state index in [1.165, 1.54) is 5.56 Å². The molecule has 3 nitrogen and oxygen atoms in total. The van der Waals surface area contributed by atoms with E-state index in [1.807, 2.05) is 18.2 Å². The predicted octanol–water partition coefficient (Wildman–Crippen LogP) is 2.37. The van der Waals surface area contributed by atoms with Crippen LogP contribution >= 0.6 is 0 Å². The van der Waals surface area contributed by atoms with Crippen LogP contribution < -0.4 is 5.32 Å². The Morgan fingerprint density at radius 2 is 2.07 bits per heavy atom. The fraction of sp³-hybridized carbons (Fsp3) is 0.417. The maximum absolute atomic E-state index is 10.9. The van der Waals surface area contributed by atoms with Gasteiger partial charge >= 0.3 is 6.09 Å². The quantitative estimate of drug-likeness (QED) is 0.753. The van der Waals surface area contributed by atoms with Gasteiger partial charge in [-0.1, -0.05) is 30.3 Å². The fourth-order valence-corrected chi connectivity index (χ4v) is 1.31. The van der Waals surface area contributed by atoms with Crippen molar-refractivity contribution in [1.82, 2.24) is 5.32 Å². The van der Waals surface area contributed by atoms with E-state index >= 15 is 0 Å². The summed E-state index contributed by atoms with van der Waals surface area (Å²) in [5, 5.41) is 2.69. The molecule has 15 heavy (non-hydrogen) atoms. The summed E-state index contributed by atoms with van der Waals surface area (Å²) >= 11 is 0. The van der Waals surface area contributed by atoms with E-state index in [1.54, 1.807) is 6.92 Å². The van der Waals surface area contributed by atoms with Crippen LogP contribution in [0.25, 0.3) is 0 Å². The van der Waals surface area contributed by atoms with Crippen molar-refractivity contribution in [2.24, 2.45) is 0 Å². The SMILES string of the molecule is CCOC(=O)NCCCc1ccccc1. The van der Waals surface area contributed by atoms with Crippen LogP contribution in [0.4, 0.5) is 4.79 Å². The van der Waals surface area contributed by atoms with E-state index < -0.39 is 0 Å². The Morgan fingerprint density at radius 3 is 2.73 bits per heavy atom. The molecule has 1 aromatic carbocycles. The topological polar surface area (TPSA) is 38.3 Å². The summed E-state index contributed by atoms with van der Waals surface area (Å²) in [6.07, 6.45) is 1.58. The number of ether oxygens (including phenoxy) is 1. The summed E-state index contributed by atoms with van der Waals surface area (Å²) in [5.41, 5.74) is 1.29. The minimum Gasteiger partial charge on any atom is -0.450 e. The highest BCUT2D eigenvalue weighted by molar-refractivity contribution is 5.66. The number of nitrogens with one attached hydrogen (secondary N) is 1.